The molecule has 24 heavy (non-hydrogen) atoms. The van der Waals surface area contributed by atoms with Crippen molar-refractivity contribution in [2.75, 3.05) is 0 Å². The number of amides is 1. The Morgan fingerprint density at radius 1 is 1.21 bits per heavy atom. The normalized spacial score (nSPS) is 16.4. The van der Waals surface area contributed by atoms with Gasteiger partial charge in [0.1, 0.15) is 0 Å². The number of ether oxygens (including phenoxy) is 1. The molecule has 1 aliphatic carbocycles. The maximum Gasteiger partial charge on any atom is 0.307 e. The van der Waals surface area contributed by atoms with Gasteiger partial charge < -0.3 is 10.1 Å². The van der Waals surface area contributed by atoms with E-state index >= 15 is 0 Å². The van der Waals surface area contributed by atoms with E-state index in [9.17, 15) is 14.4 Å². The maximum absolute atomic E-state index is 12.1. The molecule has 1 N–H and O–H groups in total. The van der Waals surface area contributed by atoms with Crippen molar-refractivity contribution in [1.82, 2.24) is 5.32 Å². The van der Waals surface area contributed by atoms with Gasteiger partial charge in [0.2, 0.25) is 0 Å². The minimum atomic E-state index is -0.821. The first-order valence-corrected chi connectivity index (χ1v) is 9.37. The molecule has 0 saturated heterocycles. The molecule has 2 rings (SSSR count). The first kappa shape index (κ1) is 18.6. The van der Waals surface area contributed by atoms with Crippen molar-refractivity contribution in [3.63, 3.8) is 0 Å². The van der Waals surface area contributed by atoms with Gasteiger partial charge in [-0.1, -0.05) is 19.3 Å². The largest absolute Gasteiger partial charge is 0.453 e. The standard InChI is InChI=1S/C18H25NO4S/c1-12-8-10-16(24-12)15(20)9-11-17(21)23-13(2)18(22)19-14-6-4-3-5-7-14/h8,10,13-14H,3-7,9,11H2,1-2H3,(H,19,22). The van der Waals surface area contributed by atoms with Crippen molar-refractivity contribution in [3.05, 3.63) is 21.9 Å². The Hall–Kier alpha value is -1.69. The van der Waals surface area contributed by atoms with Crippen molar-refractivity contribution in [2.24, 2.45) is 0 Å². The van der Waals surface area contributed by atoms with Crippen molar-refractivity contribution < 1.29 is 19.1 Å². The zero-order chi connectivity index (χ0) is 17.5. The Bertz CT molecular complexity index is 590. The summed E-state index contributed by atoms with van der Waals surface area (Å²) in [6.45, 7) is 3.50. The van der Waals surface area contributed by atoms with E-state index in [0.29, 0.717) is 4.88 Å². The molecule has 0 aromatic carbocycles. The minimum absolute atomic E-state index is 0.00315. The number of Topliss-reactive ketones (excluding diaryl/α,β-unsaturated/α-hetero) is 1. The van der Waals surface area contributed by atoms with Crippen LogP contribution in [0.2, 0.25) is 0 Å². The molecule has 1 unspecified atom stereocenters. The number of hydrogen-bond donors (Lipinski definition) is 1. The number of carbonyl (C=O) groups excluding carboxylic acids is 3. The maximum atomic E-state index is 12.1. The molecule has 0 spiro atoms. The van der Waals surface area contributed by atoms with Crippen LogP contribution in [0.3, 0.4) is 0 Å². The lowest BCUT2D eigenvalue weighted by atomic mass is 9.95. The summed E-state index contributed by atoms with van der Waals surface area (Å²) in [5.74, 6) is -0.831. The lowest BCUT2D eigenvalue weighted by Crippen LogP contribution is -2.42. The monoisotopic (exact) mass is 351 g/mol. The highest BCUT2D eigenvalue weighted by atomic mass is 32.1. The van der Waals surface area contributed by atoms with Crippen LogP contribution in [0.5, 0.6) is 0 Å². The van der Waals surface area contributed by atoms with Gasteiger partial charge in [-0.25, -0.2) is 0 Å². The number of nitrogens with one attached hydrogen (secondary N) is 1. The summed E-state index contributed by atoms with van der Waals surface area (Å²) in [6.07, 6.45) is 4.73. The first-order chi connectivity index (χ1) is 11.5. The molecule has 1 atom stereocenters. The fraction of sp³-hybridized carbons (Fsp3) is 0.611. The van der Waals surface area contributed by atoms with Crippen LogP contribution in [0.4, 0.5) is 0 Å². The Labute approximate surface area is 146 Å². The number of rotatable bonds is 7. The molecular formula is C18H25NO4S. The summed E-state index contributed by atoms with van der Waals surface area (Å²) in [5.41, 5.74) is 0. The second kappa shape index (κ2) is 8.97. The van der Waals surface area contributed by atoms with Gasteiger partial charge in [0.25, 0.3) is 5.91 Å². The zero-order valence-electron chi connectivity index (χ0n) is 14.3. The summed E-state index contributed by atoms with van der Waals surface area (Å²) < 4.78 is 5.15. The predicted molar refractivity (Wildman–Crippen MR) is 93.2 cm³/mol. The molecule has 1 saturated carbocycles. The lowest BCUT2D eigenvalue weighted by molar-refractivity contribution is -0.155. The SMILES string of the molecule is Cc1ccc(C(=O)CCC(=O)OC(C)C(=O)NC2CCCCC2)s1. The van der Waals surface area contributed by atoms with Gasteiger partial charge in [-0.15, -0.1) is 11.3 Å². The van der Waals surface area contributed by atoms with Crippen molar-refractivity contribution >= 4 is 29.0 Å². The fourth-order valence-corrected chi connectivity index (χ4v) is 3.63. The van der Waals surface area contributed by atoms with E-state index in [4.69, 9.17) is 4.74 Å². The van der Waals surface area contributed by atoms with Crippen LogP contribution in [0.15, 0.2) is 12.1 Å². The van der Waals surface area contributed by atoms with Crippen LogP contribution in [-0.2, 0) is 14.3 Å². The highest BCUT2D eigenvalue weighted by Crippen LogP contribution is 2.18. The van der Waals surface area contributed by atoms with Crippen LogP contribution in [-0.4, -0.2) is 29.8 Å². The van der Waals surface area contributed by atoms with Crippen LogP contribution in [0.1, 0.15) is 66.4 Å². The molecule has 1 aromatic rings. The van der Waals surface area contributed by atoms with E-state index in [2.05, 4.69) is 5.32 Å². The third-order valence-corrected chi connectivity index (χ3v) is 5.24. The van der Waals surface area contributed by atoms with Crippen LogP contribution >= 0.6 is 11.3 Å². The van der Waals surface area contributed by atoms with E-state index in [1.165, 1.54) is 17.8 Å². The summed E-state index contributed by atoms with van der Waals surface area (Å²) in [5, 5.41) is 2.94. The Kier molecular flexibility index (Phi) is 6.97. The van der Waals surface area contributed by atoms with Gasteiger partial charge in [0.15, 0.2) is 11.9 Å². The summed E-state index contributed by atoms with van der Waals surface area (Å²) in [6, 6.07) is 3.85. The van der Waals surface area contributed by atoms with Crippen molar-refractivity contribution in [3.8, 4) is 0 Å². The highest BCUT2D eigenvalue weighted by Gasteiger charge is 2.22. The molecule has 132 valence electrons. The van der Waals surface area contributed by atoms with Gasteiger partial charge in [0.05, 0.1) is 11.3 Å². The third-order valence-electron chi connectivity index (χ3n) is 4.20. The summed E-state index contributed by atoms with van der Waals surface area (Å²) in [4.78, 5) is 37.6. The second-order valence-corrected chi connectivity index (χ2v) is 7.60. The number of esters is 1. The van der Waals surface area contributed by atoms with Crippen LogP contribution in [0.25, 0.3) is 0 Å². The number of hydrogen-bond acceptors (Lipinski definition) is 5. The fourth-order valence-electron chi connectivity index (χ4n) is 2.80. The van der Waals surface area contributed by atoms with Gasteiger partial charge >= 0.3 is 5.97 Å². The number of thiophene rings is 1. The Morgan fingerprint density at radius 3 is 2.54 bits per heavy atom. The highest BCUT2D eigenvalue weighted by molar-refractivity contribution is 7.14. The van der Waals surface area contributed by atoms with E-state index in [1.807, 2.05) is 13.0 Å². The molecule has 6 heteroatoms. The van der Waals surface area contributed by atoms with Crippen LogP contribution < -0.4 is 5.32 Å². The summed E-state index contributed by atoms with van der Waals surface area (Å²) >= 11 is 1.42. The molecule has 1 aliphatic rings. The minimum Gasteiger partial charge on any atom is -0.453 e. The van der Waals surface area contributed by atoms with Crippen LogP contribution in [0, 0.1) is 6.92 Å². The number of aryl methyl sites for hydroxylation is 1. The Balaban J connectivity index is 1.70. The topological polar surface area (TPSA) is 72.5 Å². The number of ketones is 1. The smallest absolute Gasteiger partial charge is 0.307 e. The molecule has 1 aromatic heterocycles. The predicted octanol–water partition coefficient (Wildman–Crippen LogP) is 3.40. The third kappa shape index (κ3) is 5.74. The van der Waals surface area contributed by atoms with Gasteiger partial charge in [-0.3, -0.25) is 14.4 Å². The molecule has 0 bridgehead atoms. The van der Waals surface area contributed by atoms with E-state index in [0.717, 1.165) is 30.6 Å². The number of carbonyl (C=O) groups is 3. The van der Waals surface area contributed by atoms with E-state index in [1.54, 1.807) is 13.0 Å². The second-order valence-electron chi connectivity index (χ2n) is 6.31. The lowest BCUT2D eigenvalue weighted by Gasteiger charge is -2.24. The first-order valence-electron chi connectivity index (χ1n) is 8.55. The summed E-state index contributed by atoms with van der Waals surface area (Å²) in [7, 11) is 0. The van der Waals surface area contributed by atoms with Gasteiger partial charge in [-0.05, 0) is 38.8 Å². The average Bonchev–Trinajstić information content (AvgIpc) is 3.00. The molecular weight excluding hydrogens is 326 g/mol. The molecule has 1 amide bonds. The molecule has 1 heterocycles. The zero-order valence-corrected chi connectivity index (χ0v) is 15.1. The molecule has 5 nitrogen and oxygen atoms in total. The van der Waals surface area contributed by atoms with Gasteiger partial charge in [0, 0.05) is 17.3 Å². The molecule has 0 radical (unpaired) electrons. The molecule has 0 aliphatic heterocycles. The van der Waals surface area contributed by atoms with E-state index in [-0.39, 0.29) is 30.6 Å². The van der Waals surface area contributed by atoms with Gasteiger partial charge in [-0.2, -0.15) is 0 Å². The van der Waals surface area contributed by atoms with Crippen molar-refractivity contribution in [1.29, 1.82) is 0 Å². The Morgan fingerprint density at radius 2 is 1.92 bits per heavy atom. The van der Waals surface area contributed by atoms with Crippen molar-refractivity contribution in [2.45, 2.75) is 70.9 Å². The quantitative estimate of drug-likeness (QED) is 0.604. The van der Waals surface area contributed by atoms with E-state index < -0.39 is 12.1 Å². The molecule has 1 fully saturated rings. The average molecular weight is 351 g/mol.